The summed E-state index contributed by atoms with van der Waals surface area (Å²) in [5, 5.41) is 3.46. The van der Waals surface area contributed by atoms with Crippen molar-refractivity contribution in [2.75, 3.05) is 10.0 Å². The van der Waals surface area contributed by atoms with Gasteiger partial charge in [-0.3, -0.25) is 4.79 Å². The highest BCUT2D eigenvalue weighted by Gasteiger charge is 2.09. The summed E-state index contributed by atoms with van der Waals surface area (Å²) in [6.07, 6.45) is 0. The maximum absolute atomic E-state index is 13.6. The lowest BCUT2D eigenvalue weighted by molar-refractivity contribution is 0.102. The lowest BCUT2D eigenvalue weighted by Gasteiger charge is -2.10. The molecule has 0 atom stereocenters. The van der Waals surface area contributed by atoms with Crippen molar-refractivity contribution in [3.8, 4) is 0 Å². The van der Waals surface area contributed by atoms with Gasteiger partial charge in [-0.1, -0.05) is 29.8 Å². The number of rotatable bonds is 5. The van der Waals surface area contributed by atoms with E-state index in [2.05, 4.69) is 10.0 Å². The topological polar surface area (TPSA) is 41.1 Å². The molecule has 3 aromatic rings. The van der Waals surface area contributed by atoms with E-state index < -0.39 is 0 Å². The lowest BCUT2D eigenvalue weighted by atomic mass is 10.1. The van der Waals surface area contributed by atoms with Crippen LogP contribution in [0.4, 0.5) is 15.8 Å². The van der Waals surface area contributed by atoms with E-state index in [1.165, 1.54) is 18.0 Å². The highest BCUT2D eigenvalue weighted by Crippen LogP contribution is 2.25. The van der Waals surface area contributed by atoms with Gasteiger partial charge in [0.15, 0.2) is 0 Å². The molecular formula is C20H16ClFN2OS. The number of amides is 1. The summed E-state index contributed by atoms with van der Waals surface area (Å²) in [4.78, 5) is 13.3. The number of benzene rings is 3. The van der Waals surface area contributed by atoms with Gasteiger partial charge in [0.05, 0.1) is 5.69 Å². The molecule has 0 spiro atoms. The van der Waals surface area contributed by atoms with E-state index in [0.29, 0.717) is 22.0 Å². The predicted molar refractivity (Wildman–Crippen MR) is 106 cm³/mol. The molecule has 0 saturated carbocycles. The van der Waals surface area contributed by atoms with Crippen LogP contribution in [-0.4, -0.2) is 5.91 Å². The molecule has 3 nitrogen and oxygen atoms in total. The Balaban J connectivity index is 1.64. The quantitative estimate of drug-likeness (QED) is 0.516. The number of halogens is 2. The molecule has 0 unspecified atom stereocenters. The highest BCUT2D eigenvalue weighted by molar-refractivity contribution is 8.00. The minimum atomic E-state index is -0.312. The first-order valence-corrected chi connectivity index (χ1v) is 9.08. The van der Waals surface area contributed by atoms with Crippen LogP contribution in [0, 0.1) is 12.7 Å². The van der Waals surface area contributed by atoms with E-state index in [1.807, 2.05) is 13.0 Å². The number of carbonyl (C=O) groups is 1. The second-order valence-electron chi connectivity index (χ2n) is 5.57. The van der Waals surface area contributed by atoms with Crippen LogP contribution in [0.1, 0.15) is 15.9 Å². The fourth-order valence-corrected chi connectivity index (χ4v) is 3.11. The van der Waals surface area contributed by atoms with Crippen molar-refractivity contribution in [1.82, 2.24) is 0 Å². The fourth-order valence-electron chi connectivity index (χ4n) is 2.27. The zero-order chi connectivity index (χ0) is 18.5. The van der Waals surface area contributed by atoms with E-state index >= 15 is 0 Å². The van der Waals surface area contributed by atoms with Crippen LogP contribution in [0.2, 0.25) is 5.02 Å². The van der Waals surface area contributed by atoms with Gasteiger partial charge >= 0.3 is 0 Å². The number of anilines is 2. The Bertz CT molecular complexity index is 931. The van der Waals surface area contributed by atoms with Crippen LogP contribution in [0.15, 0.2) is 71.6 Å². The van der Waals surface area contributed by atoms with Crippen molar-refractivity contribution >= 4 is 40.8 Å². The molecule has 0 saturated heterocycles. The minimum absolute atomic E-state index is 0.214. The number of hydrogen-bond donors (Lipinski definition) is 2. The number of para-hydroxylation sites is 1. The summed E-state index contributed by atoms with van der Waals surface area (Å²) in [7, 11) is 0. The Morgan fingerprint density at radius 1 is 0.962 bits per heavy atom. The van der Waals surface area contributed by atoms with Gasteiger partial charge in [-0.05, 0) is 73.0 Å². The Morgan fingerprint density at radius 3 is 2.38 bits per heavy atom. The Morgan fingerprint density at radius 2 is 1.65 bits per heavy atom. The molecule has 3 aromatic carbocycles. The summed E-state index contributed by atoms with van der Waals surface area (Å²) in [6, 6.07) is 18.9. The van der Waals surface area contributed by atoms with Gasteiger partial charge in [0, 0.05) is 21.2 Å². The van der Waals surface area contributed by atoms with Gasteiger partial charge in [0.1, 0.15) is 5.82 Å². The van der Waals surface area contributed by atoms with Crippen LogP contribution in [0.3, 0.4) is 0 Å². The van der Waals surface area contributed by atoms with Crippen molar-refractivity contribution in [2.24, 2.45) is 0 Å². The maximum atomic E-state index is 13.6. The van der Waals surface area contributed by atoms with Crippen LogP contribution < -0.4 is 10.0 Å². The number of hydrogen-bond acceptors (Lipinski definition) is 3. The molecule has 0 aliphatic carbocycles. The molecule has 2 N–H and O–H groups in total. The highest BCUT2D eigenvalue weighted by atomic mass is 35.5. The standard InChI is InChI=1S/C20H16ClFN2OS/c1-13-16(21)5-4-8-18(13)23-20(25)14-9-11-15(12-10-14)26-24-19-7-3-2-6-17(19)22/h2-12,24H,1H3,(H,23,25). The second-order valence-corrected chi connectivity index (χ2v) is 6.86. The van der Waals surface area contributed by atoms with Gasteiger partial charge in [-0.25, -0.2) is 4.39 Å². The minimum Gasteiger partial charge on any atom is -0.323 e. The molecule has 1 amide bonds. The summed E-state index contributed by atoms with van der Waals surface area (Å²) in [5.41, 5.74) is 2.45. The fraction of sp³-hybridized carbons (Fsp3) is 0.0500. The third-order valence-electron chi connectivity index (χ3n) is 3.79. The Labute approximate surface area is 160 Å². The molecule has 26 heavy (non-hydrogen) atoms. The van der Waals surface area contributed by atoms with E-state index in [1.54, 1.807) is 54.6 Å². The van der Waals surface area contributed by atoms with Crippen LogP contribution in [0.25, 0.3) is 0 Å². The lowest BCUT2D eigenvalue weighted by Crippen LogP contribution is -2.12. The normalized spacial score (nSPS) is 10.4. The first kappa shape index (κ1) is 18.3. The smallest absolute Gasteiger partial charge is 0.255 e. The zero-order valence-electron chi connectivity index (χ0n) is 13.9. The molecule has 0 aliphatic heterocycles. The summed E-state index contributed by atoms with van der Waals surface area (Å²) >= 11 is 7.35. The molecule has 0 fully saturated rings. The zero-order valence-corrected chi connectivity index (χ0v) is 15.5. The molecule has 6 heteroatoms. The van der Waals surface area contributed by atoms with Crippen LogP contribution in [0.5, 0.6) is 0 Å². The van der Waals surface area contributed by atoms with E-state index in [-0.39, 0.29) is 11.7 Å². The van der Waals surface area contributed by atoms with Crippen molar-refractivity contribution in [3.05, 3.63) is 88.7 Å². The first-order chi connectivity index (χ1) is 12.5. The van der Waals surface area contributed by atoms with Gasteiger partial charge < -0.3 is 10.0 Å². The second kappa shape index (κ2) is 8.25. The maximum Gasteiger partial charge on any atom is 0.255 e. The van der Waals surface area contributed by atoms with E-state index in [9.17, 15) is 9.18 Å². The molecule has 0 aliphatic rings. The van der Waals surface area contributed by atoms with Gasteiger partial charge in [-0.15, -0.1) is 0 Å². The predicted octanol–water partition coefficient (Wildman–Crippen LogP) is 6.16. The molecule has 132 valence electrons. The van der Waals surface area contributed by atoms with Gasteiger partial charge in [0.2, 0.25) is 0 Å². The van der Waals surface area contributed by atoms with Crippen molar-refractivity contribution in [2.45, 2.75) is 11.8 Å². The van der Waals surface area contributed by atoms with Gasteiger partial charge in [0.25, 0.3) is 5.91 Å². The average Bonchev–Trinajstić information content (AvgIpc) is 2.65. The largest absolute Gasteiger partial charge is 0.323 e. The Hall–Kier alpha value is -2.50. The third-order valence-corrected chi connectivity index (χ3v) is 5.02. The van der Waals surface area contributed by atoms with Crippen molar-refractivity contribution in [1.29, 1.82) is 0 Å². The summed E-state index contributed by atoms with van der Waals surface area (Å²) in [5.74, 6) is -0.526. The van der Waals surface area contributed by atoms with Crippen LogP contribution >= 0.6 is 23.5 Å². The molecule has 0 radical (unpaired) electrons. The van der Waals surface area contributed by atoms with E-state index in [0.717, 1.165) is 10.5 Å². The monoisotopic (exact) mass is 386 g/mol. The molecule has 0 bridgehead atoms. The van der Waals surface area contributed by atoms with Crippen molar-refractivity contribution in [3.63, 3.8) is 0 Å². The number of carbonyl (C=O) groups excluding carboxylic acids is 1. The molecule has 3 rings (SSSR count). The SMILES string of the molecule is Cc1c(Cl)cccc1NC(=O)c1ccc(SNc2ccccc2F)cc1. The third kappa shape index (κ3) is 4.36. The molecule has 0 heterocycles. The van der Waals surface area contributed by atoms with Gasteiger partial charge in [-0.2, -0.15) is 0 Å². The summed E-state index contributed by atoms with van der Waals surface area (Å²) in [6.45, 7) is 1.85. The van der Waals surface area contributed by atoms with Crippen molar-refractivity contribution < 1.29 is 9.18 Å². The van der Waals surface area contributed by atoms with Crippen LogP contribution in [-0.2, 0) is 0 Å². The van der Waals surface area contributed by atoms with E-state index in [4.69, 9.17) is 11.6 Å². The summed E-state index contributed by atoms with van der Waals surface area (Å²) < 4.78 is 16.6. The molecular weight excluding hydrogens is 371 g/mol. The number of nitrogens with one attached hydrogen (secondary N) is 2. The Kier molecular flexibility index (Phi) is 5.81. The average molecular weight is 387 g/mol. The molecule has 0 aromatic heterocycles. The first-order valence-electron chi connectivity index (χ1n) is 7.88.